The zero-order valence-electron chi connectivity index (χ0n) is 10.4. The third-order valence-electron chi connectivity index (χ3n) is 3.23. The van der Waals surface area contributed by atoms with Crippen LogP contribution in [0.2, 0.25) is 0 Å². The van der Waals surface area contributed by atoms with Gasteiger partial charge in [-0.05, 0) is 25.2 Å². The van der Waals surface area contributed by atoms with E-state index in [0.717, 1.165) is 42.9 Å². The highest BCUT2D eigenvalue weighted by atomic mass is 79.9. The summed E-state index contributed by atoms with van der Waals surface area (Å²) in [7, 11) is 3.91. The van der Waals surface area contributed by atoms with Gasteiger partial charge < -0.3 is 9.64 Å². The molecule has 0 saturated carbocycles. The minimum atomic E-state index is 0.969. The Kier molecular flexibility index (Phi) is 4.42. The molecule has 1 aromatic rings. The first-order chi connectivity index (χ1) is 8.19. The number of hydrogen-bond donors (Lipinski definition) is 0. The third-order valence-corrected chi connectivity index (χ3v) is 3.73. The summed E-state index contributed by atoms with van der Waals surface area (Å²) in [6, 6.07) is 6.19. The van der Waals surface area contributed by atoms with Crippen molar-refractivity contribution in [3.8, 4) is 5.75 Å². The molecule has 1 aliphatic heterocycles. The van der Waals surface area contributed by atoms with Crippen LogP contribution in [0, 0.1) is 0 Å². The summed E-state index contributed by atoms with van der Waals surface area (Å²) in [5, 5.41) is 0. The van der Waals surface area contributed by atoms with Gasteiger partial charge in [-0.2, -0.15) is 0 Å². The van der Waals surface area contributed by atoms with E-state index in [2.05, 4.69) is 38.8 Å². The minimum Gasteiger partial charge on any atom is -0.496 e. The van der Waals surface area contributed by atoms with Gasteiger partial charge in [0.25, 0.3) is 0 Å². The lowest BCUT2D eigenvalue weighted by Crippen LogP contribution is -2.43. The summed E-state index contributed by atoms with van der Waals surface area (Å²) in [6.07, 6.45) is 0. The monoisotopic (exact) mass is 298 g/mol. The van der Waals surface area contributed by atoms with Gasteiger partial charge in [0, 0.05) is 42.8 Å². The predicted molar refractivity (Wildman–Crippen MR) is 73.5 cm³/mol. The molecule has 1 heterocycles. The molecule has 94 valence electrons. The number of ether oxygens (including phenoxy) is 1. The molecule has 1 aromatic carbocycles. The quantitative estimate of drug-likeness (QED) is 0.851. The van der Waals surface area contributed by atoms with E-state index in [1.54, 1.807) is 7.11 Å². The van der Waals surface area contributed by atoms with Crippen LogP contribution in [-0.4, -0.2) is 50.1 Å². The topological polar surface area (TPSA) is 15.7 Å². The van der Waals surface area contributed by atoms with Crippen LogP contribution in [0.15, 0.2) is 22.7 Å². The number of piperazine rings is 1. The smallest absolute Gasteiger partial charge is 0.123 e. The minimum absolute atomic E-state index is 0.969. The number of hydrogen-bond acceptors (Lipinski definition) is 3. The van der Waals surface area contributed by atoms with Crippen molar-refractivity contribution >= 4 is 15.9 Å². The number of methoxy groups -OCH3 is 1. The normalized spacial score (nSPS) is 18.3. The fraction of sp³-hybridized carbons (Fsp3) is 0.538. The second-order valence-corrected chi connectivity index (χ2v) is 5.45. The van der Waals surface area contributed by atoms with Crippen molar-refractivity contribution in [1.29, 1.82) is 0 Å². The highest BCUT2D eigenvalue weighted by Gasteiger charge is 2.15. The average molecular weight is 299 g/mol. The highest BCUT2D eigenvalue weighted by Crippen LogP contribution is 2.24. The van der Waals surface area contributed by atoms with Gasteiger partial charge in [0.05, 0.1) is 7.11 Å². The van der Waals surface area contributed by atoms with E-state index in [1.165, 1.54) is 5.56 Å². The fourth-order valence-corrected chi connectivity index (χ4v) is 2.53. The molecule has 1 aliphatic rings. The van der Waals surface area contributed by atoms with Crippen LogP contribution in [0.5, 0.6) is 5.75 Å². The molecule has 0 spiro atoms. The van der Waals surface area contributed by atoms with E-state index in [0.29, 0.717) is 0 Å². The van der Waals surface area contributed by atoms with Crippen molar-refractivity contribution in [2.75, 3.05) is 40.3 Å². The van der Waals surface area contributed by atoms with Crippen LogP contribution >= 0.6 is 15.9 Å². The van der Waals surface area contributed by atoms with Crippen molar-refractivity contribution in [3.05, 3.63) is 28.2 Å². The first-order valence-corrected chi connectivity index (χ1v) is 6.71. The van der Waals surface area contributed by atoms with Gasteiger partial charge in [0.1, 0.15) is 5.75 Å². The maximum atomic E-state index is 5.41. The Bertz CT molecular complexity index is 376. The predicted octanol–water partition coefficient (Wildman–Crippen LogP) is 2.21. The van der Waals surface area contributed by atoms with Gasteiger partial charge in [-0.1, -0.05) is 15.9 Å². The number of rotatable bonds is 3. The van der Waals surface area contributed by atoms with Crippen LogP contribution in [0.25, 0.3) is 0 Å². The molecule has 0 aromatic heterocycles. The zero-order valence-corrected chi connectivity index (χ0v) is 12.0. The van der Waals surface area contributed by atoms with Crippen LogP contribution in [0.1, 0.15) is 5.56 Å². The molecule has 17 heavy (non-hydrogen) atoms. The Balaban J connectivity index is 2.04. The molecule has 0 aliphatic carbocycles. The Hall–Kier alpha value is -0.580. The first kappa shape index (κ1) is 12.9. The van der Waals surface area contributed by atoms with Gasteiger partial charge in [-0.25, -0.2) is 0 Å². The molecule has 3 nitrogen and oxygen atoms in total. The van der Waals surface area contributed by atoms with Crippen LogP contribution in [-0.2, 0) is 6.54 Å². The van der Waals surface area contributed by atoms with Crippen LogP contribution in [0.4, 0.5) is 0 Å². The zero-order chi connectivity index (χ0) is 12.3. The second-order valence-electron chi connectivity index (χ2n) is 4.54. The molecule has 0 N–H and O–H groups in total. The molecule has 0 bridgehead atoms. The van der Waals surface area contributed by atoms with E-state index < -0.39 is 0 Å². The Morgan fingerprint density at radius 2 is 1.94 bits per heavy atom. The summed E-state index contributed by atoms with van der Waals surface area (Å²) < 4.78 is 6.52. The lowest BCUT2D eigenvalue weighted by atomic mass is 10.1. The maximum absolute atomic E-state index is 5.41. The van der Waals surface area contributed by atoms with Gasteiger partial charge in [0.15, 0.2) is 0 Å². The van der Waals surface area contributed by atoms with Crippen molar-refractivity contribution in [3.63, 3.8) is 0 Å². The number of benzene rings is 1. The van der Waals surface area contributed by atoms with Gasteiger partial charge in [0.2, 0.25) is 0 Å². The molecular weight excluding hydrogens is 280 g/mol. The van der Waals surface area contributed by atoms with E-state index in [4.69, 9.17) is 4.74 Å². The van der Waals surface area contributed by atoms with E-state index in [-0.39, 0.29) is 0 Å². The van der Waals surface area contributed by atoms with Crippen LogP contribution in [0.3, 0.4) is 0 Å². The van der Waals surface area contributed by atoms with Crippen molar-refractivity contribution in [2.24, 2.45) is 0 Å². The number of halogens is 1. The Morgan fingerprint density at radius 3 is 2.59 bits per heavy atom. The molecule has 1 fully saturated rings. The first-order valence-electron chi connectivity index (χ1n) is 5.92. The molecular formula is C13H19BrN2O. The summed E-state index contributed by atoms with van der Waals surface area (Å²) >= 11 is 3.52. The van der Waals surface area contributed by atoms with Crippen molar-refractivity contribution in [2.45, 2.75) is 6.54 Å². The molecule has 2 rings (SSSR count). The second kappa shape index (κ2) is 5.85. The number of nitrogens with zero attached hydrogens (tertiary/aromatic N) is 2. The Labute approximate surface area is 111 Å². The summed E-state index contributed by atoms with van der Waals surface area (Å²) in [6.45, 7) is 5.53. The summed E-state index contributed by atoms with van der Waals surface area (Å²) in [5.74, 6) is 0.979. The standard InChI is InChI=1S/C13H19BrN2O/c1-15-5-7-16(8-6-15)10-11-9-12(14)3-4-13(11)17-2/h3-4,9H,5-8,10H2,1-2H3. The molecule has 0 amide bonds. The van der Waals surface area contributed by atoms with Gasteiger partial charge in [-0.15, -0.1) is 0 Å². The van der Waals surface area contributed by atoms with Crippen LogP contribution < -0.4 is 4.74 Å². The molecule has 0 atom stereocenters. The van der Waals surface area contributed by atoms with Gasteiger partial charge in [-0.3, -0.25) is 4.90 Å². The lowest BCUT2D eigenvalue weighted by molar-refractivity contribution is 0.147. The summed E-state index contributed by atoms with van der Waals surface area (Å²) in [5.41, 5.74) is 1.26. The van der Waals surface area contributed by atoms with E-state index in [1.807, 2.05) is 12.1 Å². The lowest BCUT2D eigenvalue weighted by Gasteiger charge is -2.32. The third kappa shape index (κ3) is 3.44. The molecule has 4 heteroatoms. The maximum Gasteiger partial charge on any atom is 0.123 e. The van der Waals surface area contributed by atoms with Crippen molar-refractivity contribution in [1.82, 2.24) is 9.80 Å². The summed E-state index contributed by atoms with van der Waals surface area (Å²) in [4.78, 5) is 4.85. The van der Waals surface area contributed by atoms with Crippen molar-refractivity contribution < 1.29 is 4.74 Å². The molecule has 1 saturated heterocycles. The molecule has 0 unspecified atom stereocenters. The van der Waals surface area contributed by atoms with E-state index >= 15 is 0 Å². The van der Waals surface area contributed by atoms with Gasteiger partial charge >= 0.3 is 0 Å². The van der Waals surface area contributed by atoms with E-state index in [9.17, 15) is 0 Å². The largest absolute Gasteiger partial charge is 0.496 e. The Morgan fingerprint density at radius 1 is 1.24 bits per heavy atom. The SMILES string of the molecule is COc1ccc(Br)cc1CN1CCN(C)CC1. The fourth-order valence-electron chi connectivity index (χ4n) is 2.12. The average Bonchev–Trinajstić information content (AvgIpc) is 2.32. The molecule has 0 radical (unpaired) electrons. The number of likely N-dealkylation sites (N-methyl/N-ethyl adjacent to an activating group) is 1. The highest BCUT2D eigenvalue weighted by molar-refractivity contribution is 9.10.